The predicted octanol–water partition coefficient (Wildman–Crippen LogP) is 2.49. The summed E-state index contributed by atoms with van der Waals surface area (Å²) in [5.41, 5.74) is 2.25. The van der Waals surface area contributed by atoms with Crippen LogP contribution in [0.3, 0.4) is 0 Å². The van der Waals surface area contributed by atoms with E-state index in [9.17, 15) is 4.79 Å². The summed E-state index contributed by atoms with van der Waals surface area (Å²) < 4.78 is 7.55. The first-order valence-electron chi connectivity index (χ1n) is 5.60. The molecule has 0 atom stereocenters. The summed E-state index contributed by atoms with van der Waals surface area (Å²) in [6.07, 6.45) is -0.113. The van der Waals surface area contributed by atoms with Gasteiger partial charge in [0, 0.05) is 12.6 Å². The summed E-state index contributed by atoms with van der Waals surface area (Å²) in [7, 11) is 3.39. The Hall–Kier alpha value is -1.82. The Kier molecular flexibility index (Phi) is 3.90. The molecule has 0 saturated heterocycles. The van der Waals surface area contributed by atoms with Crippen molar-refractivity contribution >= 4 is 21.9 Å². The largest absolute Gasteiger partial charge is 0.497 e. The van der Waals surface area contributed by atoms with Crippen molar-refractivity contribution in [2.75, 3.05) is 7.11 Å². The van der Waals surface area contributed by atoms with E-state index in [1.165, 1.54) is 0 Å². The number of aliphatic carboxylic acids is 1. The van der Waals surface area contributed by atoms with Crippen molar-refractivity contribution in [3.63, 3.8) is 0 Å². The van der Waals surface area contributed by atoms with Gasteiger partial charge in [0.05, 0.1) is 29.4 Å². The van der Waals surface area contributed by atoms with Crippen molar-refractivity contribution in [2.45, 2.75) is 6.42 Å². The van der Waals surface area contributed by atoms with E-state index in [0.29, 0.717) is 10.2 Å². The van der Waals surface area contributed by atoms with Crippen LogP contribution in [0.15, 0.2) is 28.7 Å². The highest BCUT2D eigenvalue weighted by molar-refractivity contribution is 9.10. The number of carboxylic acid groups (broad SMARTS) is 1. The fourth-order valence-electron chi connectivity index (χ4n) is 1.89. The molecule has 100 valence electrons. The van der Waals surface area contributed by atoms with Crippen LogP contribution in [0, 0.1) is 0 Å². The molecule has 5 nitrogen and oxygen atoms in total. The molecule has 1 heterocycles. The van der Waals surface area contributed by atoms with E-state index in [1.54, 1.807) is 18.8 Å². The van der Waals surface area contributed by atoms with Crippen molar-refractivity contribution in [3.8, 4) is 17.0 Å². The molecule has 6 heteroatoms. The number of ether oxygens (including phenoxy) is 1. The molecule has 2 aromatic rings. The number of benzene rings is 1. The number of halogens is 1. The average molecular weight is 325 g/mol. The van der Waals surface area contributed by atoms with Crippen LogP contribution in [0.4, 0.5) is 0 Å². The first-order valence-corrected chi connectivity index (χ1v) is 6.39. The van der Waals surface area contributed by atoms with Gasteiger partial charge in [-0.3, -0.25) is 9.48 Å². The smallest absolute Gasteiger partial charge is 0.309 e. The number of aromatic nitrogens is 2. The van der Waals surface area contributed by atoms with Gasteiger partial charge in [-0.25, -0.2) is 0 Å². The van der Waals surface area contributed by atoms with Crippen LogP contribution in [0.25, 0.3) is 11.3 Å². The van der Waals surface area contributed by atoms with Crippen LogP contribution in [0.5, 0.6) is 5.75 Å². The molecular weight excluding hydrogens is 312 g/mol. The minimum Gasteiger partial charge on any atom is -0.497 e. The molecule has 0 amide bonds. The van der Waals surface area contributed by atoms with Crippen molar-refractivity contribution in [1.29, 1.82) is 0 Å². The van der Waals surface area contributed by atoms with Crippen molar-refractivity contribution in [3.05, 3.63) is 34.4 Å². The average Bonchev–Trinajstić information content (AvgIpc) is 2.64. The minimum absolute atomic E-state index is 0.113. The molecule has 0 fully saturated rings. The van der Waals surface area contributed by atoms with Gasteiger partial charge >= 0.3 is 5.97 Å². The number of carbonyl (C=O) groups is 1. The standard InChI is InChI=1S/C13H13BrN2O3/c1-16-13(8-4-3-5-9(6-8)19-2)12(14)10(15-16)7-11(17)18/h3-6H,7H2,1-2H3,(H,17,18). The second-order valence-corrected chi connectivity index (χ2v) is 4.83. The van der Waals surface area contributed by atoms with Gasteiger partial charge < -0.3 is 9.84 Å². The van der Waals surface area contributed by atoms with E-state index in [-0.39, 0.29) is 6.42 Å². The highest BCUT2D eigenvalue weighted by atomic mass is 79.9. The zero-order valence-electron chi connectivity index (χ0n) is 10.6. The maximum Gasteiger partial charge on any atom is 0.309 e. The molecule has 2 rings (SSSR count). The molecule has 1 aromatic heterocycles. The highest BCUT2D eigenvalue weighted by Crippen LogP contribution is 2.32. The maximum absolute atomic E-state index is 10.8. The van der Waals surface area contributed by atoms with Crippen molar-refractivity contribution < 1.29 is 14.6 Å². The topological polar surface area (TPSA) is 64.3 Å². The maximum atomic E-state index is 10.8. The Balaban J connectivity index is 2.49. The first kappa shape index (κ1) is 13.6. The lowest BCUT2D eigenvalue weighted by Crippen LogP contribution is -2.02. The Morgan fingerprint density at radius 1 is 1.53 bits per heavy atom. The van der Waals surface area contributed by atoms with Gasteiger partial charge in [0.2, 0.25) is 0 Å². The molecule has 0 bridgehead atoms. The fourth-order valence-corrected chi connectivity index (χ4v) is 2.60. The number of hydrogen-bond donors (Lipinski definition) is 1. The van der Waals surface area contributed by atoms with E-state index in [1.807, 2.05) is 24.3 Å². The van der Waals surface area contributed by atoms with E-state index >= 15 is 0 Å². The number of hydrogen-bond acceptors (Lipinski definition) is 3. The molecule has 0 aliphatic rings. The van der Waals surface area contributed by atoms with Crippen LogP contribution in [-0.4, -0.2) is 28.0 Å². The van der Waals surface area contributed by atoms with Gasteiger partial charge in [0.25, 0.3) is 0 Å². The monoisotopic (exact) mass is 324 g/mol. The second kappa shape index (κ2) is 5.44. The van der Waals surface area contributed by atoms with E-state index in [2.05, 4.69) is 21.0 Å². The van der Waals surface area contributed by atoms with Gasteiger partial charge in [-0.1, -0.05) is 12.1 Å². The number of methoxy groups -OCH3 is 1. The summed E-state index contributed by atoms with van der Waals surface area (Å²) in [4.78, 5) is 10.8. The van der Waals surface area contributed by atoms with Gasteiger partial charge in [0.1, 0.15) is 5.75 Å². The van der Waals surface area contributed by atoms with Gasteiger partial charge in [-0.05, 0) is 28.1 Å². The Bertz CT molecular complexity index is 622. The van der Waals surface area contributed by atoms with Crippen LogP contribution in [0.1, 0.15) is 5.69 Å². The molecule has 0 unspecified atom stereocenters. The zero-order valence-corrected chi connectivity index (χ0v) is 12.1. The van der Waals surface area contributed by atoms with Crippen molar-refractivity contribution in [1.82, 2.24) is 9.78 Å². The lowest BCUT2D eigenvalue weighted by molar-refractivity contribution is -0.136. The SMILES string of the molecule is COc1cccc(-c2c(Br)c(CC(=O)O)nn2C)c1. The molecule has 19 heavy (non-hydrogen) atoms. The Morgan fingerprint density at radius 2 is 2.26 bits per heavy atom. The molecule has 0 saturated carbocycles. The van der Waals surface area contributed by atoms with Gasteiger partial charge in [0.15, 0.2) is 0 Å². The molecule has 1 aromatic carbocycles. The summed E-state index contributed by atoms with van der Waals surface area (Å²) in [5.74, 6) is -0.165. The first-order chi connectivity index (χ1) is 9.02. The molecule has 0 radical (unpaired) electrons. The lowest BCUT2D eigenvalue weighted by atomic mass is 10.1. The summed E-state index contributed by atoms with van der Waals surface area (Å²) >= 11 is 3.43. The number of nitrogens with zero attached hydrogens (tertiary/aromatic N) is 2. The Morgan fingerprint density at radius 3 is 2.89 bits per heavy atom. The predicted molar refractivity (Wildman–Crippen MR) is 74.2 cm³/mol. The summed E-state index contributed by atoms with van der Waals surface area (Å²) in [6.45, 7) is 0. The van der Waals surface area contributed by atoms with Crippen LogP contribution in [-0.2, 0) is 18.3 Å². The normalized spacial score (nSPS) is 10.5. The van der Waals surface area contributed by atoms with E-state index < -0.39 is 5.97 Å². The third-order valence-electron chi connectivity index (χ3n) is 2.72. The molecule has 0 aliphatic carbocycles. The quantitative estimate of drug-likeness (QED) is 0.938. The van der Waals surface area contributed by atoms with Crippen molar-refractivity contribution in [2.24, 2.45) is 7.05 Å². The number of aryl methyl sites for hydroxylation is 1. The van der Waals surface area contributed by atoms with Crippen LogP contribution < -0.4 is 4.74 Å². The Labute approximate surface area is 118 Å². The third kappa shape index (κ3) is 2.78. The zero-order chi connectivity index (χ0) is 14.0. The number of carboxylic acids is 1. The fraction of sp³-hybridized carbons (Fsp3) is 0.231. The molecule has 0 aliphatic heterocycles. The number of rotatable bonds is 4. The second-order valence-electron chi connectivity index (χ2n) is 4.04. The summed E-state index contributed by atoms with van der Waals surface area (Å²) in [6, 6.07) is 7.54. The van der Waals surface area contributed by atoms with Gasteiger partial charge in [-0.2, -0.15) is 5.10 Å². The van der Waals surface area contributed by atoms with E-state index in [4.69, 9.17) is 9.84 Å². The minimum atomic E-state index is -0.906. The summed E-state index contributed by atoms with van der Waals surface area (Å²) in [5, 5.41) is 13.1. The van der Waals surface area contributed by atoms with Crippen LogP contribution in [0.2, 0.25) is 0 Å². The lowest BCUT2D eigenvalue weighted by Gasteiger charge is -2.05. The molecule has 0 spiro atoms. The van der Waals surface area contributed by atoms with Crippen LogP contribution >= 0.6 is 15.9 Å². The molecular formula is C13H13BrN2O3. The highest BCUT2D eigenvalue weighted by Gasteiger charge is 2.17. The van der Waals surface area contributed by atoms with E-state index in [0.717, 1.165) is 17.0 Å². The third-order valence-corrected chi connectivity index (χ3v) is 3.55. The molecule has 1 N–H and O–H groups in total. The van der Waals surface area contributed by atoms with Gasteiger partial charge in [-0.15, -0.1) is 0 Å².